The number of hydrogen-bond acceptors (Lipinski definition) is 5. The first-order chi connectivity index (χ1) is 9.49. The van der Waals surface area contributed by atoms with E-state index < -0.39 is 5.97 Å². The summed E-state index contributed by atoms with van der Waals surface area (Å²) in [5.74, 6) is -0.995. The number of carboxylic acids is 1. The van der Waals surface area contributed by atoms with Crippen LogP contribution >= 0.6 is 0 Å². The minimum absolute atomic E-state index is 0.0724. The van der Waals surface area contributed by atoms with Crippen LogP contribution in [-0.4, -0.2) is 11.1 Å². The number of carboxylic acid groups (broad SMARTS) is 1. The Kier molecular flexibility index (Phi) is 3.70. The number of aromatic hydroxyl groups is 1. The summed E-state index contributed by atoms with van der Waals surface area (Å²) in [4.78, 5) is 20.9. The van der Waals surface area contributed by atoms with E-state index in [0.717, 1.165) is 6.92 Å². The number of phenolic OH excluding ortho intramolecular Hbond substituents is 1. The summed E-state index contributed by atoms with van der Waals surface area (Å²) < 4.78 is 5.55. The topological polar surface area (TPSA) is 90.6 Å². The van der Waals surface area contributed by atoms with Crippen molar-refractivity contribution in [3.8, 4) is 5.75 Å². The summed E-state index contributed by atoms with van der Waals surface area (Å²) >= 11 is 0. The van der Waals surface area contributed by atoms with Gasteiger partial charge >= 0.3 is 0 Å². The van der Waals surface area contributed by atoms with Crippen molar-refractivity contribution in [1.82, 2.24) is 0 Å². The minimum Gasteiger partial charge on any atom is -0.550 e. The quantitative estimate of drug-likeness (QED) is 0.624. The minimum atomic E-state index is -1.08. The number of fused-ring (bicyclic) bond motifs is 2. The highest BCUT2D eigenvalue weighted by Gasteiger charge is 2.06. The average molecular weight is 271 g/mol. The van der Waals surface area contributed by atoms with E-state index >= 15 is 0 Å². The molecule has 0 amide bonds. The summed E-state index contributed by atoms with van der Waals surface area (Å²) in [6.45, 7) is 0.972. The van der Waals surface area contributed by atoms with Crippen LogP contribution in [0.15, 0.2) is 51.7 Å². The number of carbonyl (C=O) groups excluding carboxylic acids is 1. The van der Waals surface area contributed by atoms with Crippen molar-refractivity contribution >= 4 is 27.9 Å². The van der Waals surface area contributed by atoms with Crippen LogP contribution < -0.4 is 10.5 Å². The van der Waals surface area contributed by atoms with Crippen LogP contribution in [0.5, 0.6) is 5.75 Å². The molecular formula is C15H11O5-. The lowest BCUT2D eigenvalue weighted by Crippen LogP contribution is -2.16. The number of aliphatic carboxylic acids is 1. The number of rotatable bonds is 0. The molecule has 5 nitrogen and oxygen atoms in total. The first-order valence-corrected chi connectivity index (χ1v) is 5.81. The van der Waals surface area contributed by atoms with Crippen LogP contribution in [-0.2, 0) is 4.79 Å². The predicted molar refractivity (Wildman–Crippen MR) is 72.3 cm³/mol. The molecule has 0 bridgehead atoms. The van der Waals surface area contributed by atoms with Crippen LogP contribution in [0.2, 0.25) is 0 Å². The number of hydrogen-bond donors (Lipinski definition) is 1. The Labute approximate surface area is 113 Å². The van der Waals surface area contributed by atoms with Gasteiger partial charge in [0, 0.05) is 12.0 Å². The van der Waals surface area contributed by atoms with E-state index in [4.69, 9.17) is 14.3 Å². The Bertz CT molecular complexity index is 828. The third-order valence-electron chi connectivity index (χ3n) is 2.56. The molecule has 5 heteroatoms. The van der Waals surface area contributed by atoms with Gasteiger partial charge in [0.25, 0.3) is 0 Å². The van der Waals surface area contributed by atoms with Gasteiger partial charge in [0.2, 0.25) is 5.43 Å². The summed E-state index contributed by atoms with van der Waals surface area (Å²) in [6, 6.07) is 11.6. The van der Waals surface area contributed by atoms with Crippen LogP contribution in [0.3, 0.4) is 0 Å². The molecule has 0 saturated heterocycles. The summed E-state index contributed by atoms with van der Waals surface area (Å²) in [7, 11) is 0. The molecule has 0 atom stereocenters. The second-order valence-electron chi connectivity index (χ2n) is 4.10. The zero-order valence-corrected chi connectivity index (χ0v) is 10.6. The molecular weight excluding hydrogens is 260 g/mol. The van der Waals surface area contributed by atoms with E-state index in [-0.39, 0.29) is 11.2 Å². The maximum atomic E-state index is 12.1. The molecule has 0 aliphatic carbocycles. The highest BCUT2D eigenvalue weighted by Crippen LogP contribution is 2.21. The number of benzene rings is 2. The smallest absolute Gasteiger partial charge is 0.200 e. The van der Waals surface area contributed by atoms with Crippen LogP contribution in [0.1, 0.15) is 6.92 Å². The molecule has 0 saturated carbocycles. The predicted octanol–water partition coefficient (Wildman–Crippen LogP) is 1.41. The van der Waals surface area contributed by atoms with Gasteiger partial charge in [0.05, 0.1) is 10.8 Å². The van der Waals surface area contributed by atoms with Gasteiger partial charge in [0.1, 0.15) is 16.9 Å². The van der Waals surface area contributed by atoms with Gasteiger partial charge in [-0.05, 0) is 31.2 Å². The maximum Gasteiger partial charge on any atom is 0.200 e. The van der Waals surface area contributed by atoms with Gasteiger partial charge in [-0.25, -0.2) is 0 Å². The molecule has 0 spiro atoms. The Morgan fingerprint density at radius 1 is 1.10 bits per heavy atom. The SMILES string of the molecule is CC(=O)[O-].O=c1c2ccccc2oc2cc(O)ccc12. The fourth-order valence-electron chi connectivity index (χ4n) is 1.79. The third kappa shape index (κ3) is 2.77. The van der Waals surface area contributed by atoms with Gasteiger partial charge < -0.3 is 19.4 Å². The van der Waals surface area contributed by atoms with Crippen molar-refractivity contribution < 1.29 is 19.4 Å². The zero-order chi connectivity index (χ0) is 14.7. The lowest BCUT2D eigenvalue weighted by atomic mass is 10.1. The summed E-state index contributed by atoms with van der Waals surface area (Å²) in [5.41, 5.74) is 0.867. The summed E-state index contributed by atoms with van der Waals surface area (Å²) in [6.07, 6.45) is 0. The molecule has 0 fully saturated rings. The first-order valence-electron chi connectivity index (χ1n) is 5.81. The van der Waals surface area contributed by atoms with Crippen molar-refractivity contribution in [2.75, 3.05) is 0 Å². The van der Waals surface area contributed by atoms with E-state index in [1.165, 1.54) is 12.1 Å². The van der Waals surface area contributed by atoms with E-state index in [0.29, 0.717) is 21.9 Å². The monoisotopic (exact) mass is 271 g/mol. The van der Waals surface area contributed by atoms with Gasteiger partial charge in [-0.1, -0.05) is 12.1 Å². The van der Waals surface area contributed by atoms with E-state index in [9.17, 15) is 9.90 Å². The largest absolute Gasteiger partial charge is 0.550 e. The van der Waals surface area contributed by atoms with Crippen LogP contribution in [0.25, 0.3) is 21.9 Å². The van der Waals surface area contributed by atoms with E-state index in [2.05, 4.69) is 0 Å². The lowest BCUT2D eigenvalue weighted by molar-refractivity contribution is -0.302. The number of carbonyl (C=O) groups is 1. The molecule has 0 radical (unpaired) electrons. The molecule has 2 aromatic carbocycles. The molecule has 1 heterocycles. The summed E-state index contributed by atoms with van der Waals surface area (Å²) in [5, 5.41) is 19.3. The second-order valence-corrected chi connectivity index (χ2v) is 4.10. The highest BCUT2D eigenvalue weighted by atomic mass is 16.4. The van der Waals surface area contributed by atoms with Crippen molar-refractivity contribution in [3.05, 3.63) is 52.7 Å². The van der Waals surface area contributed by atoms with Crippen molar-refractivity contribution in [2.45, 2.75) is 6.92 Å². The van der Waals surface area contributed by atoms with E-state index in [1.807, 2.05) is 0 Å². The molecule has 0 aliphatic rings. The van der Waals surface area contributed by atoms with Gasteiger partial charge in [0.15, 0.2) is 0 Å². The molecule has 0 aliphatic heterocycles. The van der Waals surface area contributed by atoms with Gasteiger partial charge in [-0.3, -0.25) is 4.79 Å². The van der Waals surface area contributed by atoms with E-state index in [1.54, 1.807) is 30.3 Å². The van der Waals surface area contributed by atoms with Crippen LogP contribution in [0.4, 0.5) is 0 Å². The number of para-hydroxylation sites is 1. The average Bonchev–Trinajstić information content (AvgIpc) is 2.38. The molecule has 1 aromatic heterocycles. The molecule has 3 aromatic rings. The lowest BCUT2D eigenvalue weighted by Gasteiger charge is -2.00. The highest BCUT2D eigenvalue weighted by molar-refractivity contribution is 5.90. The first kappa shape index (κ1) is 13.6. The van der Waals surface area contributed by atoms with Gasteiger partial charge in [-0.15, -0.1) is 0 Å². The number of phenols is 1. The third-order valence-corrected chi connectivity index (χ3v) is 2.56. The van der Waals surface area contributed by atoms with Crippen LogP contribution in [0, 0.1) is 0 Å². The fourth-order valence-corrected chi connectivity index (χ4v) is 1.79. The molecule has 20 heavy (non-hydrogen) atoms. The standard InChI is InChI=1S/C13H8O3.C2H4O2/c14-8-5-6-10-12(7-8)16-11-4-2-1-3-9(11)13(10)15;1-2(3)4/h1-7,14H;1H3,(H,3,4)/p-1. The van der Waals surface area contributed by atoms with Crippen molar-refractivity contribution in [3.63, 3.8) is 0 Å². The fraction of sp³-hybridized carbons (Fsp3) is 0.0667. The second kappa shape index (κ2) is 5.44. The zero-order valence-electron chi connectivity index (χ0n) is 10.6. The molecule has 1 N–H and O–H groups in total. The van der Waals surface area contributed by atoms with Crippen molar-refractivity contribution in [1.29, 1.82) is 0 Å². The molecule has 102 valence electrons. The molecule has 0 unspecified atom stereocenters. The Hall–Kier alpha value is -2.82. The Balaban J connectivity index is 0.000000328. The van der Waals surface area contributed by atoms with Crippen molar-refractivity contribution in [2.24, 2.45) is 0 Å². The Morgan fingerprint density at radius 2 is 1.70 bits per heavy atom. The Morgan fingerprint density at radius 3 is 2.40 bits per heavy atom. The normalized spacial score (nSPS) is 10.1. The van der Waals surface area contributed by atoms with Gasteiger partial charge in [-0.2, -0.15) is 0 Å². The molecule has 3 rings (SSSR count). The maximum absolute atomic E-state index is 12.1.